The Bertz CT molecular complexity index is 1120. The Labute approximate surface area is 169 Å². The summed E-state index contributed by atoms with van der Waals surface area (Å²) in [5.74, 6) is 0.765. The second-order valence-electron chi connectivity index (χ2n) is 8.23. The highest BCUT2D eigenvalue weighted by Gasteiger charge is 2.41. The van der Waals surface area contributed by atoms with E-state index < -0.39 is 5.97 Å². The minimum Gasteiger partial charge on any atom is -0.482 e. The van der Waals surface area contributed by atoms with Crippen molar-refractivity contribution in [2.24, 2.45) is 0 Å². The lowest BCUT2D eigenvalue weighted by Gasteiger charge is -2.22. The first kappa shape index (κ1) is 18.0. The van der Waals surface area contributed by atoms with Crippen molar-refractivity contribution < 1.29 is 14.6 Å². The van der Waals surface area contributed by atoms with Crippen LogP contribution in [0.25, 0.3) is 22.5 Å². The lowest BCUT2D eigenvalue weighted by molar-refractivity contribution is -0.139. The van der Waals surface area contributed by atoms with Gasteiger partial charge < -0.3 is 14.8 Å². The van der Waals surface area contributed by atoms with Crippen LogP contribution in [0.2, 0.25) is 0 Å². The number of carboxylic acid groups (broad SMARTS) is 1. The molecule has 5 heteroatoms. The van der Waals surface area contributed by atoms with Gasteiger partial charge in [0, 0.05) is 28.1 Å². The zero-order chi connectivity index (χ0) is 20.1. The maximum Gasteiger partial charge on any atom is 0.341 e. The molecular formula is C24H24N2O3. The number of fused-ring (bicyclic) bond motifs is 5. The van der Waals surface area contributed by atoms with Crippen molar-refractivity contribution in [3.8, 4) is 28.3 Å². The molecule has 5 nitrogen and oxygen atoms in total. The van der Waals surface area contributed by atoms with Crippen LogP contribution in [0.3, 0.4) is 0 Å². The van der Waals surface area contributed by atoms with Crippen molar-refractivity contribution in [2.75, 3.05) is 6.61 Å². The molecule has 148 valence electrons. The molecule has 3 aromatic rings. The van der Waals surface area contributed by atoms with Crippen molar-refractivity contribution in [3.05, 3.63) is 58.9 Å². The summed E-state index contributed by atoms with van der Waals surface area (Å²) in [4.78, 5) is 19.3. The highest BCUT2D eigenvalue weighted by molar-refractivity contribution is 5.74. The summed E-state index contributed by atoms with van der Waals surface area (Å²) >= 11 is 0. The first-order chi connectivity index (χ1) is 14.0. The van der Waals surface area contributed by atoms with E-state index in [1.165, 1.54) is 17.5 Å². The Hall–Kier alpha value is -3.08. The summed E-state index contributed by atoms with van der Waals surface area (Å²) < 4.78 is 5.64. The van der Waals surface area contributed by atoms with Gasteiger partial charge in [-0.1, -0.05) is 6.07 Å². The van der Waals surface area contributed by atoms with Crippen LogP contribution in [-0.4, -0.2) is 27.7 Å². The Balaban J connectivity index is 1.60. The van der Waals surface area contributed by atoms with Crippen molar-refractivity contribution >= 4 is 5.97 Å². The smallest absolute Gasteiger partial charge is 0.341 e. The number of ether oxygens (including phenoxy) is 1. The van der Waals surface area contributed by atoms with E-state index in [1.54, 1.807) is 0 Å². The molecule has 5 rings (SSSR count). The molecule has 29 heavy (non-hydrogen) atoms. The first-order valence-corrected chi connectivity index (χ1v) is 10.2. The van der Waals surface area contributed by atoms with Gasteiger partial charge in [0.15, 0.2) is 6.61 Å². The minimum atomic E-state index is -0.947. The van der Waals surface area contributed by atoms with Crippen LogP contribution in [0.5, 0.6) is 5.75 Å². The van der Waals surface area contributed by atoms with Crippen molar-refractivity contribution in [2.45, 2.75) is 44.9 Å². The maximum atomic E-state index is 11.0. The number of aromatic nitrogens is 2. The maximum absolute atomic E-state index is 11.0. The van der Waals surface area contributed by atoms with E-state index in [4.69, 9.17) is 14.8 Å². The number of hydrogen-bond donors (Lipinski definition) is 2. The van der Waals surface area contributed by atoms with E-state index in [-0.39, 0.29) is 6.61 Å². The first-order valence-electron chi connectivity index (χ1n) is 10.2. The second kappa shape index (κ2) is 6.76. The fraction of sp³-hybridized carbons (Fsp3) is 0.333. The van der Waals surface area contributed by atoms with E-state index in [1.807, 2.05) is 6.07 Å². The Morgan fingerprint density at radius 2 is 1.83 bits per heavy atom. The standard InChI is InChI=1S/C24H24N2O3/c1-13-10-18(14(2)25-13)20-5-3-4-19(26-20)17-8-9-21(29-12-22(27)28)24-16-7-6-15(11-16)23(17)24/h3-5,8-10,15-16,25H,6-7,11-12H2,1-2H3,(H,27,28). The lowest BCUT2D eigenvalue weighted by atomic mass is 9.86. The molecule has 2 atom stereocenters. The zero-order valence-corrected chi connectivity index (χ0v) is 16.7. The van der Waals surface area contributed by atoms with Crippen LogP contribution in [0.15, 0.2) is 36.4 Å². The summed E-state index contributed by atoms with van der Waals surface area (Å²) in [7, 11) is 0. The van der Waals surface area contributed by atoms with Gasteiger partial charge in [-0.15, -0.1) is 0 Å². The fourth-order valence-electron chi connectivity index (χ4n) is 5.20. The number of carboxylic acids is 1. The van der Waals surface area contributed by atoms with E-state index >= 15 is 0 Å². The molecule has 2 aliphatic carbocycles. The van der Waals surface area contributed by atoms with Gasteiger partial charge in [-0.05, 0) is 80.8 Å². The van der Waals surface area contributed by atoms with Crippen LogP contribution >= 0.6 is 0 Å². The summed E-state index contributed by atoms with van der Waals surface area (Å²) in [6.45, 7) is 3.82. The number of rotatable bonds is 5. The monoisotopic (exact) mass is 388 g/mol. The number of carbonyl (C=O) groups is 1. The summed E-state index contributed by atoms with van der Waals surface area (Å²) in [5.41, 5.74) is 8.99. The topological polar surface area (TPSA) is 75.2 Å². The van der Waals surface area contributed by atoms with Gasteiger partial charge in [-0.2, -0.15) is 0 Å². The number of benzene rings is 1. The number of aromatic amines is 1. The summed E-state index contributed by atoms with van der Waals surface area (Å²) in [6.07, 6.45) is 3.47. The highest BCUT2D eigenvalue weighted by Crippen LogP contribution is 2.58. The van der Waals surface area contributed by atoms with Gasteiger partial charge >= 0.3 is 5.97 Å². The van der Waals surface area contributed by atoms with Gasteiger partial charge in [0.1, 0.15) is 5.75 Å². The average molecular weight is 388 g/mol. The summed E-state index contributed by atoms with van der Waals surface area (Å²) in [6, 6.07) is 12.3. The number of hydrogen-bond acceptors (Lipinski definition) is 3. The van der Waals surface area contributed by atoms with E-state index in [0.717, 1.165) is 52.5 Å². The number of nitrogens with one attached hydrogen (secondary N) is 1. The lowest BCUT2D eigenvalue weighted by Crippen LogP contribution is -2.12. The highest BCUT2D eigenvalue weighted by atomic mass is 16.5. The molecule has 1 aromatic carbocycles. The molecule has 0 spiro atoms. The zero-order valence-electron chi connectivity index (χ0n) is 16.7. The van der Waals surface area contributed by atoms with Crippen LogP contribution < -0.4 is 4.74 Å². The third-order valence-corrected chi connectivity index (χ3v) is 6.30. The molecule has 2 N–H and O–H groups in total. The van der Waals surface area contributed by atoms with E-state index in [9.17, 15) is 4.79 Å². The van der Waals surface area contributed by atoms with Gasteiger partial charge in [0.05, 0.1) is 11.4 Å². The Morgan fingerprint density at radius 3 is 2.52 bits per heavy atom. The van der Waals surface area contributed by atoms with Crippen LogP contribution in [0.1, 0.15) is 53.6 Å². The van der Waals surface area contributed by atoms with Crippen LogP contribution in [0.4, 0.5) is 0 Å². The van der Waals surface area contributed by atoms with Gasteiger partial charge in [0.2, 0.25) is 0 Å². The van der Waals surface area contributed by atoms with Gasteiger partial charge in [-0.25, -0.2) is 9.78 Å². The van der Waals surface area contributed by atoms with Crippen molar-refractivity contribution in [3.63, 3.8) is 0 Å². The second-order valence-corrected chi connectivity index (χ2v) is 8.23. The van der Waals surface area contributed by atoms with E-state index in [2.05, 4.69) is 49.2 Å². The molecule has 1 fully saturated rings. The predicted molar refractivity (Wildman–Crippen MR) is 111 cm³/mol. The quantitative estimate of drug-likeness (QED) is 0.631. The Morgan fingerprint density at radius 1 is 1.10 bits per heavy atom. The largest absolute Gasteiger partial charge is 0.482 e. The average Bonchev–Trinajstić information content (AvgIpc) is 3.41. The molecule has 0 radical (unpaired) electrons. The van der Waals surface area contributed by atoms with E-state index in [0.29, 0.717) is 11.8 Å². The molecule has 2 aromatic heterocycles. The Kier molecular flexibility index (Phi) is 4.19. The molecule has 2 bridgehead atoms. The summed E-state index contributed by atoms with van der Waals surface area (Å²) in [5, 5.41) is 9.01. The molecule has 2 unspecified atom stereocenters. The number of H-pyrrole nitrogens is 1. The van der Waals surface area contributed by atoms with Gasteiger partial charge in [0.25, 0.3) is 0 Å². The molecular weight excluding hydrogens is 364 g/mol. The molecule has 0 amide bonds. The molecule has 1 saturated carbocycles. The third kappa shape index (κ3) is 3.01. The predicted octanol–water partition coefficient (Wildman–Crippen LogP) is 5.19. The third-order valence-electron chi connectivity index (χ3n) is 6.30. The molecule has 0 aliphatic heterocycles. The van der Waals surface area contributed by atoms with Crippen LogP contribution in [0, 0.1) is 13.8 Å². The normalized spacial score (nSPS) is 19.4. The molecule has 0 saturated heterocycles. The van der Waals surface area contributed by atoms with Crippen molar-refractivity contribution in [1.29, 1.82) is 0 Å². The number of aliphatic carboxylic acids is 1. The fourth-order valence-corrected chi connectivity index (χ4v) is 5.20. The molecule has 2 aliphatic rings. The van der Waals surface area contributed by atoms with Crippen LogP contribution in [-0.2, 0) is 4.79 Å². The van der Waals surface area contributed by atoms with Gasteiger partial charge in [-0.3, -0.25) is 0 Å². The molecule has 2 heterocycles. The SMILES string of the molecule is Cc1cc(-c2cccc(-c3ccc(OCC(=O)O)c4c3C3CCC4C3)n2)c(C)[nH]1. The number of pyridine rings is 1. The number of aryl methyl sites for hydroxylation is 2. The minimum absolute atomic E-state index is 0.303. The van der Waals surface area contributed by atoms with Crippen molar-refractivity contribution in [1.82, 2.24) is 9.97 Å². The number of nitrogens with zero attached hydrogens (tertiary/aromatic N) is 1.